The average molecular weight is 648 g/mol. The molecule has 0 bridgehead atoms. The van der Waals surface area contributed by atoms with Crippen LogP contribution in [0, 0.1) is 20.8 Å². The van der Waals surface area contributed by atoms with Crippen molar-refractivity contribution in [2.24, 2.45) is 4.99 Å². The highest BCUT2D eigenvalue weighted by Gasteiger charge is 2.46. The lowest BCUT2D eigenvalue weighted by Gasteiger charge is -2.36. The van der Waals surface area contributed by atoms with Crippen LogP contribution in [-0.2, 0) is 22.9 Å². The molecular formula is C45H47N3O. The van der Waals surface area contributed by atoms with Crippen LogP contribution in [0.5, 0.6) is 0 Å². The molecule has 0 N–H and O–H groups in total. The van der Waals surface area contributed by atoms with E-state index in [1.165, 1.54) is 27.5 Å². The molecule has 6 aromatic rings. The molecule has 2 aliphatic rings. The van der Waals surface area contributed by atoms with Crippen molar-refractivity contribution in [1.29, 1.82) is 0 Å². The van der Waals surface area contributed by atoms with Crippen molar-refractivity contribution in [1.82, 2.24) is 9.55 Å². The molecule has 248 valence electrons. The first kappa shape index (κ1) is 29.2. The molecule has 0 saturated heterocycles. The molecule has 1 aliphatic carbocycles. The van der Waals surface area contributed by atoms with Gasteiger partial charge in [0.15, 0.2) is 0 Å². The van der Waals surface area contributed by atoms with Crippen LogP contribution in [0.15, 0.2) is 90.1 Å². The van der Waals surface area contributed by atoms with E-state index in [1.54, 1.807) is 0 Å². The van der Waals surface area contributed by atoms with E-state index in [9.17, 15) is 2.74 Å². The summed E-state index contributed by atoms with van der Waals surface area (Å²) < 4.78 is 27.9. The summed E-state index contributed by atoms with van der Waals surface area (Å²) in [4.78, 5) is 9.92. The van der Waals surface area contributed by atoms with Gasteiger partial charge in [0, 0.05) is 42.9 Å². The second-order valence-corrected chi connectivity index (χ2v) is 15.9. The molecule has 2 atom stereocenters. The smallest absolute Gasteiger partial charge is 0.217 e. The van der Waals surface area contributed by atoms with Crippen molar-refractivity contribution in [3.8, 4) is 16.9 Å². The normalized spacial score (nSPS) is 20.5. The van der Waals surface area contributed by atoms with Gasteiger partial charge in [0.2, 0.25) is 5.90 Å². The third-order valence-corrected chi connectivity index (χ3v) is 10.5. The van der Waals surface area contributed by atoms with Gasteiger partial charge in [-0.2, -0.15) is 0 Å². The highest BCUT2D eigenvalue weighted by molar-refractivity contribution is 6.10. The molecule has 2 aromatic heterocycles. The molecule has 0 fully saturated rings. The summed E-state index contributed by atoms with van der Waals surface area (Å²) in [5, 5.41) is 2.39. The van der Waals surface area contributed by atoms with Crippen LogP contribution in [0.1, 0.15) is 94.7 Å². The number of benzene rings is 4. The molecule has 0 unspecified atom stereocenters. The average Bonchev–Trinajstić information content (AvgIpc) is 3.60. The zero-order valence-electron chi connectivity index (χ0n) is 32.2. The van der Waals surface area contributed by atoms with Gasteiger partial charge in [-0.15, -0.1) is 0 Å². The predicted octanol–water partition coefficient (Wildman–Crippen LogP) is 10.9. The zero-order valence-corrected chi connectivity index (χ0v) is 30.2. The van der Waals surface area contributed by atoms with Crippen LogP contribution in [0.2, 0.25) is 0 Å². The maximum absolute atomic E-state index is 9.38. The lowest BCUT2D eigenvalue weighted by molar-refractivity contribution is 0.0701. The van der Waals surface area contributed by atoms with Crippen LogP contribution >= 0.6 is 0 Å². The number of ether oxygens (including phenoxy) is 1. The fourth-order valence-corrected chi connectivity index (χ4v) is 7.71. The third kappa shape index (κ3) is 5.37. The minimum absolute atomic E-state index is 0.0155. The molecule has 4 nitrogen and oxygen atoms in total. The number of fused-ring (bicyclic) bond motifs is 5. The molecule has 0 radical (unpaired) electrons. The van der Waals surface area contributed by atoms with Crippen molar-refractivity contribution in [3.63, 3.8) is 0 Å². The Hall–Kier alpha value is -4.70. The Labute approximate surface area is 293 Å². The molecule has 1 aliphatic heterocycles. The lowest BCUT2D eigenvalue weighted by atomic mass is 9.76. The van der Waals surface area contributed by atoms with Crippen molar-refractivity contribution in [3.05, 3.63) is 130 Å². The van der Waals surface area contributed by atoms with Crippen LogP contribution in [0.3, 0.4) is 0 Å². The SMILES string of the molecule is [2H]C1([2H])c2cc(C)cc(C)c2C[C@]2(C)OC(c3cc(C(C)C)cc(-n4c5ccc(C)cc5c5ccc(-c6cc(C(C)(C)C)ccn6)cc54)c3)=N[C@@H]12. The predicted molar refractivity (Wildman–Crippen MR) is 205 cm³/mol. The first-order valence-electron chi connectivity index (χ1n) is 18.6. The summed E-state index contributed by atoms with van der Waals surface area (Å²) >= 11 is 0. The Morgan fingerprint density at radius 1 is 0.857 bits per heavy atom. The van der Waals surface area contributed by atoms with E-state index in [0.717, 1.165) is 55.8 Å². The molecule has 4 heteroatoms. The molecule has 0 spiro atoms. The van der Waals surface area contributed by atoms with Crippen LogP contribution < -0.4 is 0 Å². The van der Waals surface area contributed by atoms with Gasteiger partial charge in [0.25, 0.3) is 0 Å². The number of hydrogen-bond donors (Lipinski definition) is 0. The minimum atomic E-state index is -1.67. The topological polar surface area (TPSA) is 39.4 Å². The van der Waals surface area contributed by atoms with E-state index in [-0.39, 0.29) is 11.3 Å². The van der Waals surface area contributed by atoms with Crippen molar-refractivity contribution in [2.45, 2.75) is 98.1 Å². The molecule has 0 saturated carbocycles. The summed E-state index contributed by atoms with van der Waals surface area (Å²) in [6.07, 6.45) is 0.863. The Morgan fingerprint density at radius 2 is 1.67 bits per heavy atom. The summed E-state index contributed by atoms with van der Waals surface area (Å²) in [6.45, 7) is 19.4. The van der Waals surface area contributed by atoms with Crippen molar-refractivity contribution < 1.29 is 7.48 Å². The maximum atomic E-state index is 9.38. The van der Waals surface area contributed by atoms with Gasteiger partial charge in [-0.25, -0.2) is 4.99 Å². The first-order valence-corrected chi connectivity index (χ1v) is 17.6. The Bertz CT molecular complexity index is 2430. The lowest BCUT2D eigenvalue weighted by Crippen LogP contribution is -2.44. The first-order chi connectivity index (χ1) is 24.0. The monoisotopic (exact) mass is 647 g/mol. The largest absolute Gasteiger partial charge is 0.468 e. The van der Waals surface area contributed by atoms with Crippen LogP contribution in [-0.4, -0.2) is 27.1 Å². The van der Waals surface area contributed by atoms with Gasteiger partial charge in [-0.3, -0.25) is 4.98 Å². The maximum Gasteiger partial charge on any atom is 0.217 e. The highest BCUT2D eigenvalue weighted by atomic mass is 16.5. The molecule has 4 aromatic carbocycles. The van der Waals surface area contributed by atoms with E-state index < -0.39 is 18.0 Å². The van der Waals surface area contributed by atoms with E-state index in [0.29, 0.717) is 12.3 Å². The quantitative estimate of drug-likeness (QED) is 0.191. The number of pyridine rings is 1. The molecular weight excluding hydrogens is 599 g/mol. The second-order valence-electron chi connectivity index (χ2n) is 15.9. The van der Waals surface area contributed by atoms with Gasteiger partial charge < -0.3 is 9.30 Å². The van der Waals surface area contributed by atoms with Gasteiger partial charge in [-0.1, -0.05) is 76.1 Å². The van der Waals surface area contributed by atoms with E-state index in [2.05, 4.69) is 126 Å². The molecule has 8 rings (SSSR count). The van der Waals surface area contributed by atoms with Crippen LogP contribution in [0.4, 0.5) is 0 Å². The minimum Gasteiger partial charge on any atom is -0.468 e. The van der Waals surface area contributed by atoms with Crippen molar-refractivity contribution in [2.75, 3.05) is 0 Å². The van der Waals surface area contributed by atoms with E-state index in [1.807, 2.05) is 26.1 Å². The van der Waals surface area contributed by atoms with Gasteiger partial charge in [0.05, 0.1) is 22.8 Å². The number of rotatable bonds is 4. The molecule has 49 heavy (non-hydrogen) atoms. The number of hydrogen-bond acceptors (Lipinski definition) is 3. The molecule has 0 amide bonds. The summed E-state index contributed by atoms with van der Waals surface area (Å²) in [7, 11) is 0. The zero-order chi connectivity index (χ0) is 36.2. The fraction of sp³-hybridized carbons (Fsp3) is 0.333. The summed E-state index contributed by atoms with van der Waals surface area (Å²) in [5.41, 5.74) is 13.0. The van der Waals surface area contributed by atoms with Crippen LogP contribution in [0.25, 0.3) is 38.8 Å². The number of aliphatic imine (C=N–C) groups is 1. The Morgan fingerprint density at radius 3 is 2.45 bits per heavy atom. The van der Waals surface area contributed by atoms with Gasteiger partial charge in [0.1, 0.15) is 5.60 Å². The Kier molecular flexibility index (Phi) is 6.66. The number of aromatic nitrogens is 2. The van der Waals surface area contributed by atoms with E-state index >= 15 is 0 Å². The number of nitrogens with zero attached hydrogens (tertiary/aromatic N) is 3. The van der Waals surface area contributed by atoms with Gasteiger partial charge >= 0.3 is 0 Å². The summed E-state index contributed by atoms with van der Waals surface area (Å²) in [6, 6.07) is 27.8. The Balaban J connectivity index is 1.31. The highest BCUT2D eigenvalue weighted by Crippen LogP contribution is 2.41. The third-order valence-electron chi connectivity index (χ3n) is 10.5. The van der Waals surface area contributed by atoms with Gasteiger partial charge in [-0.05, 0) is 122 Å². The summed E-state index contributed by atoms with van der Waals surface area (Å²) in [5.74, 6) is 0.762. The second kappa shape index (κ2) is 11.2. The standard InChI is InChI=1S/C45H47N3O/c1-26(2)31-19-33(43-47-42-23-32-17-28(4)16-29(5)38(32)25-45(42,9)49-43)21-35(20-31)48-40-13-10-27(3)18-37(40)36-12-11-30(22-41(36)48)39-24-34(14-15-46-39)44(6,7)8/h10-22,24,26,42H,23,25H2,1-9H3/t42-,45-/m0/s1/i23D2. The van der Waals surface area contributed by atoms with Crippen molar-refractivity contribution >= 4 is 27.7 Å². The number of aryl methyl sites for hydroxylation is 3. The fourth-order valence-electron chi connectivity index (χ4n) is 7.71. The van der Waals surface area contributed by atoms with E-state index in [4.69, 9.17) is 14.7 Å². The molecule has 3 heterocycles.